The van der Waals surface area contributed by atoms with Crippen molar-refractivity contribution < 1.29 is 13.2 Å². The van der Waals surface area contributed by atoms with Crippen LogP contribution in [0.1, 0.15) is 24.6 Å². The Balaban J connectivity index is 1.54. The Bertz CT molecular complexity index is 1180. The molecule has 0 N–H and O–H groups in total. The highest BCUT2D eigenvalue weighted by Gasteiger charge is 2.35. The fraction of sp³-hybridized carbons (Fsp3) is 0.429. The van der Waals surface area contributed by atoms with Crippen LogP contribution in [-0.4, -0.2) is 52.1 Å². The molecule has 166 valence electrons. The van der Waals surface area contributed by atoms with Crippen molar-refractivity contribution in [2.75, 3.05) is 17.3 Å². The highest BCUT2D eigenvalue weighted by atomic mass is 35.5. The normalized spacial score (nSPS) is 17.9. The van der Waals surface area contributed by atoms with Crippen LogP contribution < -0.4 is 0 Å². The maximum absolute atomic E-state index is 13.2. The topological polar surface area (TPSA) is 72.3 Å². The molecule has 3 aromatic rings. The molecule has 1 saturated heterocycles. The van der Waals surface area contributed by atoms with E-state index >= 15 is 0 Å². The number of hydrogen-bond donors (Lipinski definition) is 0. The van der Waals surface area contributed by atoms with E-state index in [1.165, 1.54) is 11.8 Å². The van der Waals surface area contributed by atoms with Gasteiger partial charge >= 0.3 is 0 Å². The van der Waals surface area contributed by atoms with E-state index in [-0.39, 0.29) is 29.2 Å². The van der Waals surface area contributed by atoms with Gasteiger partial charge in [0.05, 0.1) is 34.8 Å². The molecule has 1 atom stereocenters. The lowest BCUT2D eigenvalue weighted by molar-refractivity contribution is -0.130. The Morgan fingerprint density at radius 1 is 1.39 bits per heavy atom. The van der Waals surface area contributed by atoms with Crippen molar-refractivity contribution in [3.63, 3.8) is 0 Å². The molecule has 0 radical (unpaired) electrons. The summed E-state index contributed by atoms with van der Waals surface area (Å²) in [5, 5.41) is 3.38. The standard InChI is InChI=1S/C21H24ClN3O3S3/c1-2-8-24-19-6-5-15(22)11-18(19)23-21(24)30-13-20(26)25(12-17-4-3-9-29-17)16-7-10-31(27,28)14-16/h3-6,9,11,16H,2,7-8,10,12-14H2,1H3. The van der Waals surface area contributed by atoms with Gasteiger partial charge in [-0.3, -0.25) is 4.79 Å². The van der Waals surface area contributed by atoms with Gasteiger partial charge in [-0.15, -0.1) is 11.3 Å². The van der Waals surface area contributed by atoms with Crippen molar-refractivity contribution in [1.29, 1.82) is 0 Å². The highest BCUT2D eigenvalue weighted by molar-refractivity contribution is 7.99. The number of hydrogen-bond acceptors (Lipinski definition) is 6. The number of benzene rings is 1. The smallest absolute Gasteiger partial charge is 0.233 e. The lowest BCUT2D eigenvalue weighted by Gasteiger charge is -2.27. The number of sulfone groups is 1. The van der Waals surface area contributed by atoms with E-state index in [2.05, 4.69) is 11.5 Å². The minimum atomic E-state index is -3.08. The van der Waals surface area contributed by atoms with Crippen molar-refractivity contribution in [2.24, 2.45) is 0 Å². The summed E-state index contributed by atoms with van der Waals surface area (Å²) in [7, 11) is -3.08. The summed E-state index contributed by atoms with van der Waals surface area (Å²) in [5.41, 5.74) is 1.81. The monoisotopic (exact) mass is 497 g/mol. The molecule has 1 aromatic carbocycles. The van der Waals surface area contributed by atoms with Crippen LogP contribution in [0.5, 0.6) is 0 Å². The van der Waals surface area contributed by atoms with Gasteiger partial charge in [-0.25, -0.2) is 13.4 Å². The van der Waals surface area contributed by atoms with Crippen LogP contribution in [-0.2, 0) is 27.7 Å². The van der Waals surface area contributed by atoms with Gasteiger partial charge in [-0.2, -0.15) is 0 Å². The average molecular weight is 498 g/mol. The zero-order chi connectivity index (χ0) is 22.0. The number of carbonyl (C=O) groups excluding carboxylic acids is 1. The SMILES string of the molecule is CCCn1c(SCC(=O)N(Cc2cccs2)C2CCS(=O)(=O)C2)nc2cc(Cl)ccc21. The molecule has 1 amide bonds. The van der Waals surface area contributed by atoms with Crippen molar-refractivity contribution in [3.05, 3.63) is 45.6 Å². The van der Waals surface area contributed by atoms with Gasteiger partial charge in [0, 0.05) is 22.5 Å². The number of rotatable bonds is 8. The predicted molar refractivity (Wildman–Crippen MR) is 128 cm³/mol. The third kappa shape index (κ3) is 5.27. The second-order valence-corrected chi connectivity index (χ2v) is 12.3. The molecule has 1 aliphatic rings. The molecule has 0 spiro atoms. The van der Waals surface area contributed by atoms with Crippen LogP contribution in [0, 0.1) is 0 Å². The molecule has 4 rings (SSSR count). The molecule has 3 heterocycles. The summed E-state index contributed by atoms with van der Waals surface area (Å²) in [6, 6.07) is 9.29. The first kappa shape index (κ1) is 22.6. The predicted octanol–water partition coefficient (Wildman–Crippen LogP) is 4.47. The summed E-state index contributed by atoms with van der Waals surface area (Å²) >= 11 is 9.10. The summed E-state index contributed by atoms with van der Waals surface area (Å²) in [4.78, 5) is 20.7. The lowest BCUT2D eigenvalue weighted by atomic mass is 10.2. The third-order valence-corrected chi connectivity index (χ3v) is 9.13. The van der Waals surface area contributed by atoms with Crippen LogP contribution in [0.15, 0.2) is 40.9 Å². The molecule has 2 aromatic heterocycles. The molecule has 1 unspecified atom stereocenters. The molecule has 1 fully saturated rings. The van der Waals surface area contributed by atoms with E-state index in [1.54, 1.807) is 16.2 Å². The second kappa shape index (κ2) is 9.52. The number of thioether (sulfide) groups is 1. The highest BCUT2D eigenvalue weighted by Crippen LogP contribution is 2.28. The number of thiophene rings is 1. The maximum Gasteiger partial charge on any atom is 0.233 e. The Morgan fingerprint density at radius 3 is 2.90 bits per heavy atom. The zero-order valence-electron chi connectivity index (χ0n) is 17.2. The minimum absolute atomic E-state index is 0.0433. The number of amides is 1. The van der Waals surface area contributed by atoms with E-state index < -0.39 is 9.84 Å². The number of carbonyl (C=O) groups is 1. The number of halogens is 1. The van der Waals surface area contributed by atoms with E-state index in [0.29, 0.717) is 18.0 Å². The molecule has 1 aliphatic heterocycles. The maximum atomic E-state index is 13.2. The molecular formula is C21H24ClN3O3S3. The van der Waals surface area contributed by atoms with Gasteiger partial charge in [0.2, 0.25) is 5.91 Å². The first-order valence-electron chi connectivity index (χ1n) is 10.2. The van der Waals surface area contributed by atoms with Crippen molar-refractivity contribution in [2.45, 2.75) is 44.1 Å². The Kier molecular flexibility index (Phi) is 6.95. The number of nitrogens with zero attached hydrogens (tertiary/aromatic N) is 3. The van der Waals surface area contributed by atoms with E-state index in [4.69, 9.17) is 16.6 Å². The quantitative estimate of drug-likeness (QED) is 0.429. The molecular weight excluding hydrogens is 474 g/mol. The fourth-order valence-electron chi connectivity index (χ4n) is 3.85. The van der Waals surface area contributed by atoms with Crippen molar-refractivity contribution in [1.82, 2.24) is 14.5 Å². The zero-order valence-corrected chi connectivity index (χ0v) is 20.4. The average Bonchev–Trinajstić information content (AvgIpc) is 3.44. The number of aryl methyl sites for hydroxylation is 1. The Hall–Kier alpha value is -1.55. The van der Waals surface area contributed by atoms with Crippen molar-refractivity contribution in [3.8, 4) is 0 Å². The summed E-state index contributed by atoms with van der Waals surface area (Å²) in [6.07, 6.45) is 1.44. The van der Waals surface area contributed by atoms with Crippen LogP contribution >= 0.6 is 34.7 Å². The molecule has 0 bridgehead atoms. The van der Waals surface area contributed by atoms with Gasteiger partial charge < -0.3 is 9.47 Å². The van der Waals surface area contributed by atoms with Gasteiger partial charge in [-0.05, 0) is 42.5 Å². The second-order valence-electron chi connectivity index (χ2n) is 7.63. The van der Waals surface area contributed by atoms with Crippen LogP contribution in [0.4, 0.5) is 0 Å². The number of fused-ring (bicyclic) bond motifs is 1. The molecule has 0 aliphatic carbocycles. The molecule has 31 heavy (non-hydrogen) atoms. The van der Waals surface area contributed by atoms with E-state index in [9.17, 15) is 13.2 Å². The van der Waals surface area contributed by atoms with E-state index in [0.717, 1.165) is 34.0 Å². The molecule has 10 heteroatoms. The van der Waals surface area contributed by atoms with E-state index in [1.807, 2.05) is 35.7 Å². The largest absolute Gasteiger partial charge is 0.333 e. The number of imidazole rings is 1. The first-order valence-corrected chi connectivity index (χ1v) is 14.2. The summed E-state index contributed by atoms with van der Waals surface area (Å²) in [5.74, 6) is 0.338. The minimum Gasteiger partial charge on any atom is -0.333 e. The number of aromatic nitrogens is 2. The van der Waals surface area contributed by atoms with Gasteiger partial charge in [0.1, 0.15) is 0 Å². The first-order chi connectivity index (χ1) is 14.9. The van der Waals surface area contributed by atoms with Gasteiger partial charge in [0.25, 0.3) is 0 Å². The third-order valence-electron chi connectivity index (χ3n) is 5.32. The van der Waals surface area contributed by atoms with Crippen molar-refractivity contribution >= 4 is 61.5 Å². The molecule has 0 saturated carbocycles. The van der Waals surface area contributed by atoms with Gasteiger partial charge in [0.15, 0.2) is 15.0 Å². The fourth-order valence-corrected chi connectivity index (χ4v) is 7.38. The summed E-state index contributed by atoms with van der Waals surface area (Å²) in [6.45, 7) is 3.34. The Morgan fingerprint density at radius 2 is 2.23 bits per heavy atom. The van der Waals surface area contributed by atoms with Crippen LogP contribution in [0.25, 0.3) is 11.0 Å². The van der Waals surface area contributed by atoms with Crippen LogP contribution in [0.2, 0.25) is 5.02 Å². The Labute approximate surface area is 195 Å². The van der Waals surface area contributed by atoms with Crippen LogP contribution in [0.3, 0.4) is 0 Å². The summed E-state index contributed by atoms with van der Waals surface area (Å²) < 4.78 is 26.2. The molecule has 6 nitrogen and oxygen atoms in total. The lowest BCUT2D eigenvalue weighted by Crippen LogP contribution is -2.41. The van der Waals surface area contributed by atoms with Gasteiger partial charge in [-0.1, -0.05) is 36.4 Å².